The number of aliphatic hydroxyl groups is 9. The third kappa shape index (κ3) is 6.52. The lowest BCUT2D eigenvalue weighted by molar-refractivity contribution is -0.286. The van der Waals surface area contributed by atoms with Crippen molar-refractivity contribution in [1.82, 2.24) is 0 Å². The van der Waals surface area contributed by atoms with E-state index in [4.69, 9.17) is 46.0 Å². The number of hydrogen-bond donors (Lipinski definition) is 9. The first kappa shape index (κ1) is 23.1. The monoisotopic (exact) mass is 360 g/mol. The number of ether oxygens (including phenoxy) is 2. The molecule has 1 fully saturated rings. The summed E-state index contributed by atoms with van der Waals surface area (Å²) < 4.78 is 8.80. The summed E-state index contributed by atoms with van der Waals surface area (Å²) in [6, 6.07) is 0. The van der Waals surface area contributed by atoms with E-state index in [9.17, 15) is 4.79 Å². The van der Waals surface area contributed by atoms with Crippen LogP contribution in [0.15, 0.2) is 0 Å². The van der Waals surface area contributed by atoms with Gasteiger partial charge in [-0.15, -0.1) is 0 Å². The van der Waals surface area contributed by atoms with Crippen LogP contribution in [-0.2, 0) is 14.3 Å². The number of hydrogen-bond acceptors (Lipinski definition) is 12. The molecule has 0 aromatic heterocycles. The molecule has 1 saturated heterocycles. The molecule has 144 valence electrons. The fourth-order valence-corrected chi connectivity index (χ4v) is 1.74. The first-order valence-electron chi connectivity index (χ1n) is 6.90. The van der Waals surface area contributed by atoms with Crippen LogP contribution in [0, 0.1) is 0 Å². The summed E-state index contributed by atoms with van der Waals surface area (Å²) in [5.41, 5.74) is 0. The van der Waals surface area contributed by atoms with E-state index in [0.717, 1.165) is 0 Å². The average molecular weight is 360 g/mol. The van der Waals surface area contributed by atoms with E-state index in [-0.39, 0.29) is 6.47 Å². The minimum absolute atomic E-state index is 0.0498. The summed E-state index contributed by atoms with van der Waals surface area (Å²) in [5, 5.41) is 79.5. The maximum absolute atomic E-state index is 9.80. The Kier molecular flexibility index (Phi) is 11.1. The molecule has 12 nitrogen and oxygen atoms in total. The lowest BCUT2D eigenvalue weighted by atomic mass is 10.00. The second kappa shape index (κ2) is 11.6. The van der Waals surface area contributed by atoms with Gasteiger partial charge >= 0.3 is 0 Å². The van der Waals surface area contributed by atoms with E-state index in [2.05, 4.69) is 9.47 Å². The number of rotatable bonds is 7. The Morgan fingerprint density at radius 1 is 0.958 bits per heavy atom. The quantitative estimate of drug-likeness (QED) is 0.194. The summed E-state index contributed by atoms with van der Waals surface area (Å²) in [6.45, 7) is -1.76. The second-order valence-electron chi connectivity index (χ2n) is 4.91. The van der Waals surface area contributed by atoms with Gasteiger partial charge in [0.15, 0.2) is 12.4 Å². The van der Waals surface area contributed by atoms with Crippen LogP contribution in [0.4, 0.5) is 0 Å². The fourth-order valence-electron chi connectivity index (χ4n) is 1.74. The van der Waals surface area contributed by atoms with Crippen LogP contribution in [0.2, 0.25) is 0 Å². The minimum atomic E-state index is -1.57. The van der Waals surface area contributed by atoms with Gasteiger partial charge in [-0.3, -0.25) is 4.79 Å². The lowest BCUT2D eigenvalue weighted by Gasteiger charge is -2.37. The average Bonchev–Trinajstić information content (AvgIpc) is 2.60. The standard InChI is InChI=1S/2C6H12O6/c7-1-2-3(8)4(9)5(10)6(11)12-2;7-1-4(10)6(11)5(2-8)12-3-9/h2-11H,1H2;3-8,10-11H,1-2H2/t2?,3-,4+,5?,6+;4-,5?,6+/m00/s1. The highest BCUT2D eigenvalue weighted by molar-refractivity contribution is 5.37. The molecular formula is C12H24O12. The van der Waals surface area contributed by atoms with Crippen LogP contribution in [-0.4, -0.2) is 121 Å². The van der Waals surface area contributed by atoms with E-state index in [1.165, 1.54) is 0 Å². The Hall–Kier alpha value is -0.930. The molecule has 12 heteroatoms. The van der Waals surface area contributed by atoms with Gasteiger partial charge in [-0.25, -0.2) is 0 Å². The third-order valence-corrected chi connectivity index (χ3v) is 3.24. The van der Waals surface area contributed by atoms with Gasteiger partial charge in [0.1, 0.15) is 36.6 Å². The van der Waals surface area contributed by atoms with Crippen molar-refractivity contribution in [3.05, 3.63) is 0 Å². The van der Waals surface area contributed by atoms with Crippen molar-refractivity contribution in [3.8, 4) is 0 Å². The van der Waals surface area contributed by atoms with Gasteiger partial charge in [-0.05, 0) is 0 Å². The number of carbonyl (C=O) groups is 1. The van der Waals surface area contributed by atoms with Gasteiger partial charge < -0.3 is 55.4 Å². The minimum Gasteiger partial charge on any atom is -0.459 e. The zero-order valence-electron chi connectivity index (χ0n) is 12.6. The van der Waals surface area contributed by atoms with Gasteiger partial charge in [-0.2, -0.15) is 0 Å². The maximum Gasteiger partial charge on any atom is 0.293 e. The highest BCUT2D eigenvalue weighted by Crippen LogP contribution is 2.19. The Morgan fingerprint density at radius 2 is 1.54 bits per heavy atom. The first-order valence-corrected chi connectivity index (χ1v) is 6.90. The largest absolute Gasteiger partial charge is 0.459 e. The normalized spacial score (nSPS) is 33.6. The smallest absolute Gasteiger partial charge is 0.293 e. The molecule has 0 saturated carbocycles. The van der Waals surface area contributed by atoms with Gasteiger partial charge in [0.2, 0.25) is 0 Å². The Bertz CT molecular complexity index is 337. The molecule has 1 heterocycles. The molecule has 0 bridgehead atoms. The summed E-state index contributed by atoms with van der Waals surface area (Å²) >= 11 is 0. The zero-order chi connectivity index (χ0) is 18.9. The molecule has 0 aliphatic carbocycles. The van der Waals surface area contributed by atoms with E-state index < -0.39 is 68.8 Å². The van der Waals surface area contributed by atoms with E-state index in [1.807, 2.05) is 0 Å². The van der Waals surface area contributed by atoms with Crippen molar-refractivity contribution < 1.29 is 60.2 Å². The van der Waals surface area contributed by atoms with Crippen LogP contribution in [0.3, 0.4) is 0 Å². The van der Waals surface area contributed by atoms with Crippen molar-refractivity contribution in [2.45, 2.75) is 49.0 Å². The molecule has 0 amide bonds. The molecule has 0 aromatic carbocycles. The highest BCUT2D eigenvalue weighted by Gasteiger charge is 2.42. The summed E-state index contributed by atoms with van der Waals surface area (Å²) in [6.07, 6.45) is -11.2. The number of carbonyl (C=O) groups excluding carboxylic acids is 1. The van der Waals surface area contributed by atoms with Crippen molar-refractivity contribution in [1.29, 1.82) is 0 Å². The Balaban J connectivity index is 0.000000441. The molecule has 9 N–H and O–H groups in total. The molecule has 1 aliphatic heterocycles. The lowest BCUT2D eigenvalue weighted by Crippen LogP contribution is -2.58. The molecule has 0 spiro atoms. The van der Waals surface area contributed by atoms with Crippen LogP contribution >= 0.6 is 0 Å². The Labute approximate surface area is 136 Å². The third-order valence-electron chi connectivity index (χ3n) is 3.24. The zero-order valence-corrected chi connectivity index (χ0v) is 12.6. The predicted molar refractivity (Wildman–Crippen MR) is 73.1 cm³/mol. The van der Waals surface area contributed by atoms with Crippen molar-refractivity contribution >= 4 is 6.47 Å². The molecule has 1 aliphatic rings. The molecule has 3 unspecified atom stereocenters. The van der Waals surface area contributed by atoms with Crippen LogP contribution in [0.5, 0.6) is 0 Å². The predicted octanol–water partition coefficient (Wildman–Crippen LogP) is -5.99. The first-order chi connectivity index (χ1) is 11.2. The van der Waals surface area contributed by atoms with Crippen LogP contribution < -0.4 is 0 Å². The van der Waals surface area contributed by atoms with Crippen molar-refractivity contribution in [2.24, 2.45) is 0 Å². The van der Waals surface area contributed by atoms with E-state index in [0.29, 0.717) is 0 Å². The highest BCUT2D eigenvalue weighted by atomic mass is 16.6. The topological polar surface area (TPSA) is 218 Å². The second-order valence-corrected chi connectivity index (χ2v) is 4.91. The summed E-state index contributed by atoms with van der Waals surface area (Å²) in [7, 11) is 0. The van der Waals surface area contributed by atoms with Gasteiger partial charge in [-0.1, -0.05) is 0 Å². The molecular weight excluding hydrogens is 336 g/mol. The Morgan fingerprint density at radius 3 is 1.96 bits per heavy atom. The fraction of sp³-hybridized carbons (Fsp3) is 0.917. The van der Waals surface area contributed by atoms with Gasteiger partial charge in [0.25, 0.3) is 6.47 Å². The summed E-state index contributed by atoms with van der Waals surface area (Å²) in [4.78, 5) is 9.80. The van der Waals surface area contributed by atoms with Crippen LogP contribution in [0.1, 0.15) is 0 Å². The SMILES string of the molecule is O=COC(CO)[C@H](O)[C@@H](O)CO.OCC1O[C@@H](O)C(O)[C@H](O)[C@H]1O. The van der Waals surface area contributed by atoms with E-state index in [1.54, 1.807) is 0 Å². The van der Waals surface area contributed by atoms with Gasteiger partial charge in [0, 0.05) is 0 Å². The van der Waals surface area contributed by atoms with Gasteiger partial charge in [0.05, 0.1) is 19.8 Å². The molecule has 1 rings (SSSR count). The molecule has 0 aromatic rings. The molecule has 0 radical (unpaired) electrons. The van der Waals surface area contributed by atoms with Crippen molar-refractivity contribution in [3.63, 3.8) is 0 Å². The molecule has 8 atom stereocenters. The van der Waals surface area contributed by atoms with Crippen LogP contribution in [0.25, 0.3) is 0 Å². The summed E-state index contributed by atoms with van der Waals surface area (Å²) in [5.74, 6) is 0. The number of aliphatic hydroxyl groups excluding tert-OH is 9. The van der Waals surface area contributed by atoms with Crippen molar-refractivity contribution in [2.75, 3.05) is 19.8 Å². The molecule has 24 heavy (non-hydrogen) atoms. The maximum atomic E-state index is 9.80. The van der Waals surface area contributed by atoms with E-state index >= 15 is 0 Å².